The van der Waals surface area contributed by atoms with E-state index in [0.717, 1.165) is 27.6 Å². The Kier molecular flexibility index (Phi) is 17.9. The van der Waals surface area contributed by atoms with Gasteiger partial charge in [-0.05, 0) is 98.9 Å². The molecule has 2 aromatic heterocycles. The molecule has 5 heterocycles. The molecule has 3 aliphatic heterocycles. The van der Waals surface area contributed by atoms with Gasteiger partial charge in [-0.25, -0.2) is 14.2 Å². The highest BCUT2D eigenvalue weighted by Gasteiger charge is 2.46. The van der Waals surface area contributed by atoms with Gasteiger partial charge in [0.2, 0.25) is 41.4 Å². The number of nitrogens with zero attached hydrogens (tertiary/aromatic N) is 3. The van der Waals surface area contributed by atoms with Gasteiger partial charge in [-0.2, -0.15) is 0 Å². The Morgan fingerprint density at radius 3 is 2.31 bits per heavy atom. The molecule has 7 amide bonds. The van der Waals surface area contributed by atoms with Gasteiger partial charge in [0.25, 0.3) is 5.56 Å². The van der Waals surface area contributed by atoms with Crippen LogP contribution in [0.5, 0.6) is 0 Å². The molecular formula is C59H69FN8O13. The summed E-state index contributed by atoms with van der Waals surface area (Å²) in [5, 5.41) is 25.0. The van der Waals surface area contributed by atoms with E-state index in [0.29, 0.717) is 86.8 Å². The molecule has 21 nitrogen and oxygen atoms in total. The number of aliphatic hydroxyl groups is 1. The van der Waals surface area contributed by atoms with Crippen LogP contribution >= 0.6 is 0 Å². The van der Waals surface area contributed by atoms with E-state index < -0.39 is 65.7 Å². The first kappa shape index (κ1) is 58.0. The smallest absolute Gasteiger partial charge is 0.343 e. The zero-order valence-corrected chi connectivity index (χ0v) is 45.8. The number of ether oxygens (including phenoxy) is 2. The Labute approximate surface area is 466 Å². The predicted molar refractivity (Wildman–Crippen MR) is 290 cm³/mol. The van der Waals surface area contributed by atoms with Gasteiger partial charge in [0, 0.05) is 66.6 Å². The first-order valence-electron chi connectivity index (χ1n) is 28.1. The standard InChI is InChI=1S/C59H69FN8O13/c1-4-59(79)41-24-45-54-39(29-68(45)57(77)40(41)30-80-58(59)78)52-36(16-19-38-33(3)42(60)25-43(66-54)53(38)52)23-46(69)35-14-17-37(18-15-35)81-31-64-49(72)27-63-55(75)44(22-34-11-7-5-8-12-34)65-50(73)28-62-48(71)26-61-47(70)13-9-6-10-20-67-51(74)21-32(2)56(67)76/h5,7-8,11-12,24-25,32,35-37,44,79H,4,6,9-10,13-23,26-31H2,1-3H3,(H,61,70)(H,62,71)(H,63,75)(H,64,72)(H,65,73)/t32?,35-,36-,37+,44+,59+/m1/s1. The summed E-state index contributed by atoms with van der Waals surface area (Å²) in [6.07, 6.45) is 5.44. The molecule has 430 valence electrons. The molecule has 0 radical (unpaired) electrons. The average molecular weight is 1120 g/mol. The maximum atomic E-state index is 15.5. The van der Waals surface area contributed by atoms with Crippen molar-refractivity contribution in [2.24, 2.45) is 11.8 Å². The minimum Gasteiger partial charge on any atom is -0.458 e. The van der Waals surface area contributed by atoms with Crippen molar-refractivity contribution in [1.82, 2.24) is 41.0 Å². The number of esters is 1. The summed E-state index contributed by atoms with van der Waals surface area (Å²) in [7, 11) is 0. The van der Waals surface area contributed by atoms with Crippen molar-refractivity contribution >= 4 is 64.0 Å². The van der Waals surface area contributed by atoms with Gasteiger partial charge in [-0.3, -0.25) is 48.1 Å². The lowest BCUT2D eigenvalue weighted by Crippen LogP contribution is -2.52. The van der Waals surface area contributed by atoms with Crippen LogP contribution in [0.1, 0.15) is 136 Å². The average Bonchev–Trinajstić information content (AvgIpc) is 3.22. The first-order valence-corrected chi connectivity index (χ1v) is 28.1. The largest absolute Gasteiger partial charge is 0.458 e. The van der Waals surface area contributed by atoms with E-state index in [2.05, 4.69) is 26.6 Å². The van der Waals surface area contributed by atoms with Crippen LogP contribution in [0.15, 0.2) is 47.3 Å². The maximum Gasteiger partial charge on any atom is 0.343 e. The Hall–Kier alpha value is -7.72. The lowest BCUT2D eigenvalue weighted by Gasteiger charge is -2.32. The summed E-state index contributed by atoms with van der Waals surface area (Å²) in [5.41, 5.74) is 2.95. The fraction of sp³-hybridized carbons (Fsp3) is 0.508. The fourth-order valence-electron chi connectivity index (χ4n) is 12.0. The highest BCUT2D eigenvalue weighted by atomic mass is 19.1. The number of aromatic nitrogens is 2. The summed E-state index contributed by atoms with van der Waals surface area (Å²) < 4.78 is 28.3. The molecule has 5 aliphatic rings. The second kappa shape index (κ2) is 25.0. The SMILES string of the molecule is CC[C@@]1(O)C(=O)OCc2c1cc1n(c2=O)Cc2c-1nc1cc(F)c(C)c3c1c2[C@@H](CC(=O)[C@H]1CC[C@@H](OCNC(=O)CNC(=O)[C@H](Cc2ccccc2)NC(=O)CNC(=O)CNC(=O)CCCCCN2C(=O)CC(C)C2=O)CC1)CC3. The third kappa shape index (κ3) is 12.6. The number of nitrogens with one attached hydrogen (secondary N) is 5. The Morgan fingerprint density at radius 2 is 1.58 bits per heavy atom. The number of Topliss-reactive ketones (excluding diaryl/α,β-unsaturated/α-hetero) is 1. The van der Waals surface area contributed by atoms with Crippen LogP contribution < -0.4 is 32.1 Å². The Morgan fingerprint density at radius 1 is 0.864 bits per heavy atom. The normalized spacial score (nSPS) is 21.1. The molecule has 1 saturated heterocycles. The van der Waals surface area contributed by atoms with Crippen LogP contribution in [0.2, 0.25) is 0 Å². The highest BCUT2D eigenvalue weighted by Crippen LogP contribution is 2.48. The number of rotatable bonds is 23. The second-order valence-corrected chi connectivity index (χ2v) is 22.0. The van der Waals surface area contributed by atoms with Gasteiger partial charge in [-0.1, -0.05) is 50.6 Å². The molecule has 0 spiro atoms. The van der Waals surface area contributed by atoms with Crippen molar-refractivity contribution < 1.29 is 62.1 Å². The van der Waals surface area contributed by atoms with E-state index in [-0.39, 0.29) is 117 Å². The number of hydrogen-bond acceptors (Lipinski definition) is 14. The highest BCUT2D eigenvalue weighted by molar-refractivity contribution is 6.03. The number of pyridine rings is 2. The molecule has 9 rings (SSSR count). The molecule has 4 aromatic rings. The third-order valence-electron chi connectivity index (χ3n) is 16.7. The third-order valence-corrected chi connectivity index (χ3v) is 16.7. The lowest BCUT2D eigenvalue weighted by molar-refractivity contribution is -0.172. The Bertz CT molecular complexity index is 3250. The number of fused-ring (bicyclic) bond motifs is 5. The number of carbonyl (C=O) groups excluding carboxylic acids is 9. The van der Waals surface area contributed by atoms with Gasteiger partial charge in [0.05, 0.1) is 54.8 Å². The fourth-order valence-corrected chi connectivity index (χ4v) is 12.0. The number of carbonyl (C=O) groups is 9. The molecule has 1 saturated carbocycles. The zero-order chi connectivity index (χ0) is 57.7. The van der Waals surface area contributed by atoms with Crippen molar-refractivity contribution in [1.29, 1.82) is 0 Å². The van der Waals surface area contributed by atoms with Crippen LogP contribution in [0, 0.1) is 24.6 Å². The van der Waals surface area contributed by atoms with Crippen LogP contribution in [0.4, 0.5) is 4.39 Å². The van der Waals surface area contributed by atoms with Crippen molar-refractivity contribution in [3.05, 3.63) is 97.6 Å². The minimum absolute atomic E-state index is 0.0141. The van der Waals surface area contributed by atoms with Crippen LogP contribution in [-0.2, 0) is 84.2 Å². The van der Waals surface area contributed by atoms with Gasteiger partial charge < -0.3 is 45.7 Å². The van der Waals surface area contributed by atoms with E-state index in [1.807, 2.05) is 0 Å². The molecular weight excluding hydrogens is 1050 g/mol. The molecule has 2 fully saturated rings. The summed E-state index contributed by atoms with van der Waals surface area (Å²) in [6.45, 7) is 3.85. The van der Waals surface area contributed by atoms with Crippen molar-refractivity contribution in [2.75, 3.05) is 32.9 Å². The number of imide groups is 1. The molecule has 2 aliphatic carbocycles. The Balaban J connectivity index is 0.718. The predicted octanol–water partition coefficient (Wildman–Crippen LogP) is 3.20. The van der Waals surface area contributed by atoms with Gasteiger partial charge in [-0.15, -0.1) is 0 Å². The number of ketones is 1. The van der Waals surface area contributed by atoms with Crippen molar-refractivity contribution in [3.8, 4) is 11.4 Å². The van der Waals surface area contributed by atoms with Crippen LogP contribution in [-0.4, -0.2) is 118 Å². The van der Waals surface area contributed by atoms with E-state index in [1.54, 1.807) is 61.7 Å². The number of cyclic esters (lactones) is 1. The van der Waals surface area contributed by atoms with E-state index >= 15 is 4.39 Å². The molecule has 22 heteroatoms. The molecule has 6 N–H and O–H groups in total. The molecule has 81 heavy (non-hydrogen) atoms. The van der Waals surface area contributed by atoms with E-state index in [4.69, 9.17) is 14.5 Å². The molecule has 0 bridgehead atoms. The molecule has 2 aromatic carbocycles. The first-order chi connectivity index (χ1) is 38.8. The number of likely N-dealkylation sites (tertiary alicyclic amines) is 1. The van der Waals surface area contributed by atoms with Crippen molar-refractivity contribution in [3.63, 3.8) is 0 Å². The van der Waals surface area contributed by atoms with Crippen LogP contribution in [0.25, 0.3) is 22.3 Å². The lowest BCUT2D eigenvalue weighted by atomic mass is 9.74. The van der Waals surface area contributed by atoms with E-state index in [9.17, 15) is 53.1 Å². The molecule has 1 unspecified atom stereocenters. The van der Waals surface area contributed by atoms with Crippen LogP contribution in [0.3, 0.4) is 0 Å². The number of unbranched alkanes of at least 4 members (excludes halogenated alkanes) is 2. The number of amides is 7. The number of benzene rings is 2. The van der Waals surface area contributed by atoms with Gasteiger partial charge in [0.1, 0.15) is 31.0 Å². The minimum atomic E-state index is -2.01. The van der Waals surface area contributed by atoms with Crippen molar-refractivity contribution in [2.45, 2.75) is 147 Å². The zero-order valence-electron chi connectivity index (χ0n) is 45.8. The summed E-state index contributed by atoms with van der Waals surface area (Å²) >= 11 is 0. The number of aryl methyl sites for hydroxylation is 1. The van der Waals surface area contributed by atoms with E-state index in [1.165, 1.54) is 11.0 Å². The van der Waals surface area contributed by atoms with Gasteiger partial charge >= 0.3 is 5.97 Å². The number of hydrogen-bond donors (Lipinski definition) is 6. The van der Waals surface area contributed by atoms with Gasteiger partial charge in [0.15, 0.2) is 5.60 Å². The summed E-state index contributed by atoms with van der Waals surface area (Å²) in [4.78, 5) is 135. The molecule has 4 atom stereocenters. The maximum absolute atomic E-state index is 15.5. The second-order valence-electron chi connectivity index (χ2n) is 22.0. The number of halogens is 1. The summed E-state index contributed by atoms with van der Waals surface area (Å²) in [6, 6.07) is 10.8. The monoisotopic (exact) mass is 1120 g/mol. The quantitative estimate of drug-likeness (QED) is 0.0237. The topological polar surface area (TPSA) is 291 Å². The summed E-state index contributed by atoms with van der Waals surface area (Å²) in [5.74, 6) is -5.16.